The largest absolute Gasteiger partial charge is 0.138 e. The van der Waals surface area contributed by atoms with E-state index in [-0.39, 0.29) is 0 Å². The molecule has 0 aliphatic rings. The Balaban J connectivity index is 2.46. The quantitative estimate of drug-likeness (QED) is 0.701. The summed E-state index contributed by atoms with van der Waals surface area (Å²) >= 11 is 1.72. The smallest absolute Gasteiger partial charge is 0.0142 e. The zero-order valence-electron chi connectivity index (χ0n) is 8.10. The summed E-state index contributed by atoms with van der Waals surface area (Å²) in [5.41, 5.74) is 1.26. The minimum Gasteiger partial charge on any atom is -0.138 e. The predicted molar refractivity (Wildman–Crippen MR) is 66.5 cm³/mol. The van der Waals surface area contributed by atoms with Crippen LogP contribution in [0.1, 0.15) is 5.56 Å². The first-order valence-electron chi connectivity index (χ1n) is 4.58. The van der Waals surface area contributed by atoms with Crippen molar-refractivity contribution in [2.45, 2.75) is 0 Å². The Morgan fingerprint density at radius 2 is 1.79 bits per heavy atom. The predicted octanol–water partition coefficient (Wildman–Crippen LogP) is 4.17. The van der Waals surface area contributed by atoms with Crippen LogP contribution in [0.4, 0.5) is 0 Å². The van der Waals surface area contributed by atoms with Crippen molar-refractivity contribution in [1.29, 1.82) is 0 Å². The summed E-state index contributed by atoms with van der Waals surface area (Å²) in [6, 6.07) is 14.9. The van der Waals surface area contributed by atoms with E-state index in [0.29, 0.717) is 0 Å². The number of rotatable bonds is 2. The molecule has 0 fully saturated rings. The molecule has 0 nitrogen and oxygen atoms in total. The van der Waals surface area contributed by atoms with Gasteiger partial charge in [0.15, 0.2) is 0 Å². The van der Waals surface area contributed by atoms with Gasteiger partial charge in [0.2, 0.25) is 0 Å². The maximum absolute atomic E-state index is 2.21. The van der Waals surface area contributed by atoms with Crippen LogP contribution < -0.4 is 0 Å². The van der Waals surface area contributed by atoms with Crippen molar-refractivity contribution in [2.75, 3.05) is 6.26 Å². The topological polar surface area (TPSA) is 0 Å². The number of benzene rings is 2. The lowest BCUT2D eigenvalue weighted by atomic mass is 10.1. The van der Waals surface area contributed by atoms with E-state index in [1.54, 1.807) is 11.8 Å². The highest BCUT2D eigenvalue weighted by Crippen LogP contribution is 2.16. The highest BCUT2D eigenvalue weighted by molar-refractivity contribution is 8.01. The first-order valence-corrected chi connectivity index (χ1v) is 5.87. The van der Waals surface area contributed by atoms with Crippen LogP contribution in [0.5, 0.6) is 0 Å². The van der Waals surface area contributed by atoms with Gasteiger partial charge in [-0.15, -0.1) is 11.8 Å². The Bertz CT molecular complexity index is 457. The van der Waals surface area contributed by atoms with Crippen LogP contribution in [0.3, 0.4) is 0 Å². The molecule has 70 valence electrons. The second-order valence-electron chi connectivity index (χ2n) is 3.15. The molecule has 1 heteroatoms. The summed E-state index contributed by atoms with van der Waals surface area (Å²) in [5.74, 6) is 0. The standard InChI is InChI=1S/C13H12S/c1-14-9-8-11-6-7-12-4-2-3-5-13(12)10-11/h2-10H,1H3/b9-8+. The summed E-state index contributed by atoms with van der Waals surface area (Å²) in [6.45, 7) is 0. The van der Waals surface area contributed by atoms with E-state index >= 15 is 0 Å². The highest BCUT2D eigenvalue weighted by atomic mass is 32.2. The van der Waals surface area contributed by atoms with Gasteiger partial charge in [-0.3, -0.25) is 0 Å². The zero-order valence-corrected chi connectivity index (χ0v) is 8.92. The molecule has 2 aromatic carbocycles. The average Bonchev–Trinajstić information content (AvgIpc) is 2.26. The summed E-state index contributed by atoms with van der Waals surface area (Å²) in [5, 5.41) is 4.70. The van der Waals surface area contributed by atoms with Crippen LogP contribution in [-0.4, -0.2) is 6.26 Å². The second kappa shape index (κ2) is 4.34. The van der Waals surface area contributed by atoms with Gasteiger partial charge in [0, 0.05) is 0 Å². The molecule has 0 N–H and O–H groups in total. The van der Waals surface area contributed by atoms with Gasteiger partial charge >= 0.3 is 0 Å². The summed E-state index contributed by atoms with van der Waals surface area (Å²) in [7, 11) is 0. The Hall–Kier alpha value is -1.21. The third-order valence-electron chi connectivity index (χ3n) is 2.17. The van der Waals surface area contributed by atoms with Crippen molar-refractivity contribution >= 4 is 28.6 Å². The first-order chi connectivity index (χ1) is 6.90. The minimum atomic E-state index is 1.26. The Kier molecular flexibility index (Phi) is 2.90. The van der Waals surface area contributed by atoms with E-state index in [2.05, 4.69) is 60.2 Å². The molecule has 0 bridgehead atoms. The maximum Gasteiger partial charge on any atom is -0.0142 e. The monoisotopic (exact) mass is 200 g/mol. The van der Waals surface area contributed by atoms with Gasteiger partial charge in [-0.25, -0.2) is 0 Å². The van der Waals surface area contributed by atoms with Crippen LogP contribution in [0, 0.1) is 0 Å². The molecule has 0 atom stereocenters. The first kappa shape index (κ1) is 9.35. The van der Waals surface area contributed by atoms with Gasteiger partial charge in [-0.05, 0) is 40.1 Å². The lowest BCUT2D eigenvalue weighted by molar-refractivity contribution is 1.71. The van der Waals surface area contributed by atoms with Crippen molar-refractivity contribution in [2.24, 2.45) is 0 Å². The molecule has 2 aromatic rings. The van der Waals surface area contributed by atoms with Crippen LogP contribution in [0.15, 0.2) is 47.9 Å². The van der Waals surface area contributed by atoms with Crippen LogP contribution >= 0.6 is 11.8 Å². The number of hydrogen-bond donors (Lipinski definition) is 0. The SMILES string of the molecule is CS/C=C/c1ccc2ccccc2c1. The molecule has 14 heavy (non-hydrogen) atoms. The number of fused-ring (bicyclic) bond motifs is 1. The molecule has 0 amide bonds. The minimum absolute atomic E-state index is 1.26. The van der Waals surface area contributed by atoms with Crippen LogP contribution in [0.2, 0.25) is 0 Å². The molecule has 0 heterocycles. The lowest BCUT2D eigenvalue weighted by Gasteiger charge is -1.98. The van der Waals surface area contributed by atoms with Crippen molar-refractivity contribution in [3.8, 4) is 0 Å². The maximum atomic E-state index is 2.21. The fourth-order valence-electron chi connectivity index (χ4n) is 1.46. The second-order valence-corrected chi connectivity index (χ2v) is 3.89. The van der Waals surface area contributed by atoms with Gasteiger partial charge in [-0.2, -0.15) is 0 Å². The van der Waals surface area contributed by atoms with Crippen LogP contribution in [-0.2, 0) is 0 Å². The molecule has 0 aliphatic carbocycles. The fourth-order valence-corrected chi connectivity index (χ4v) is 1.75. The zero-order chi connectivity index (χ0) is 9.80. The number of hydrogen-bond acceptors (Lipinski definition) is 1. The Labute approximate surface area is 88.6 Å². The van der Waals surface area contributed by atoms with Crippen molar-refractivity contribution in [3.05, 3.63) is 53.4 Å². The third-order valence-corrected chi connectivity index (χ3v) is 2.58. The van der Waals surface area contributed by atoms with Gasteiger partial charge in [0.05, 0.1) is 0 Å². The van der Waals surface area contributed by atoms with Gasteiger partial charge in [0.1, 0.15) is 0 Å². The van der Waals surface area contributed by atoms with Gasteiger partial charge in [0.25, 0.3) is 0 Å². The van der Waals surface area contributed by atoms with Crippen molar-refractivity contribution < 1.29 is 0 Å². The van der Waals surface area contributed by atoms with E-state index in [0.717, 1.165) is 0 Å². The molecule has 2 rings (SSSR count). The molecular formula is C13H12S. The molecule has 0 radical (unpaired) electrons. The van der Waals surface area contributed by atoms with Gasteiger partial charge < -0.3 is 0 Å². The molecule has 0 spiro atoms. The summed E-state index contributed by atoms with van der Waals surface area (Å²) in [6.07, 6.45) is 4.20. The lowest BCUT2D eigenvalue weighted by Crippen LogP contribution is -1.74. The molecular weight excluding hydrogens is 188 g/mol. The van der Waals surface area contributed by atoms with E-state index in [4.69, 9.17) is 0 Å². The fraction of sp³-hybridized carbons (Fsp3) is 0.0769. The van der Waals surface area contributed by atoms with Crippen LogP contribution in [0.25, 0.3) is 16.8 Å². The highest BCUT2D eigenvalue weighted by Gasteiger charge is 1.91. The van der Waals surface area contributed by atoms with E-state index in [9.17, 15) is 0 Å². The molecule has 0 unspecified atom stereocenters. The molecule has 0 aromatic heterocycles. The molecule has 0 aliphatic heterocycles. The molecule has 0 saturated carbocycles. The van der Waals surface area contributed by atoms with Crippen molar-refractivity contribution in [3.63, 3.8) is 0 Å². The van der Waals surface area contributed by atoms with E-state index in [1.807, 2.05) is 0 Å². The molecule has 0 saturated heterocycles. The Morgan fingerprint density at radius 3 is 2.57 bits per heavy atom. The average molecular weight is 200 g/mol. The Morgan fingerprint density at radius 1 is 1.00 bits per heavy atom. The third kappa shape index (κ3) is 1.99. The van der Waals surface area contributed by atoms with Gasteiger partial charge in [-0.1, -0.05) is 36.4 Å². The summed E-state index contributed by atoms with van der Waals surface area (Å²) < 4.78 is 0. The van der Waals surface area contributed by atoms with E-state index < -0.39 is 0 Å². The summed E-state index contributed by atoms with van der Waals surface area (Å²) in [4.78, 5) is 0. The normalized spacial score (nSPS) is 11.2. The number of thioether (sulfide) groups is 1. The van der Waals surface area contributed by atoms with Crippen molar-refractivity contribution in [1.82, 2.24) is 0 Å². The van der Waals surface area contributed by atoms with E-state index in [1.165, 1.54) is 16.3 Å².